The molecule has 0 amide bonds. The third-order valence-corrected chi connectivity index (χ3v) is 21.9. The van der Waals surface area contributed by atoms with Crippen LogP contribution >= 0.6 is 15.6 Å². The van der Waals surface area contributed by atoms with Gasteiger partial charge in [0, 0.05) is 0 Å². The van der Waals surface area contributed by atoms with E-state index in [9.17, 15) is 33.7 Å². The number of rotatable bonds is 14. The molecule has 0 aliphatic carbocycles. The van der Waals surface area contributed by atoms with Crippen LogP contribution in [0.5, 0.6) is 0 Å². The second kappa shape index (κ2) is 16.3. The van der Waals surface area contributed by atoms with E-state index in [-0.39, 0.29) is 39.1 Å². The van der Waals surface area contributed by atoms with Gasteiger partial charge in [0.15, 0.2) is 51.7 Å². The third kappa shape index (κ3) is 9.47. The number of fused-ring (bicyclic) bond motifs is 2. The molecule has 24 nitrogen and oxygen atoms in total. The Kier molecular flexibility index (Phi) is 12.6. The number of imidazole rings is 2. The first-order valence-corrected chi connectivity index (χ1v) is 27.7. The van der Waals surface area contributed by atoms with Crippen molar-refractivity contribution in [3.05, 3.63) is 29.3 Å². The van der Waals surface area contributed by atoms with Gasteiger partial charge in [0.05, 0.1) is 25.9 Å². The lowest BCUT2D eigenvalue weighted by Crippen LogP contribution is -2.49. The van der Waals surface area contributed by atoms with Gasteiger partial charge in [-0.25, -0.2) is 29.1 Å². The molecule has 2 aliphatic heterocycles. The lowest BCUT2D eigenvalue weighted by Gasteiger charge is -2.40. The lowest BCUT2D eigenvalue weighted by atomic mass is 10.1. The molecule has 60 heavy (non-hydrogen) atoms. The normalized spacial score (nSPS) is 27.0. The first kappa shape index (κ1) is 46.5. The van der Waals surface area contributed by atoms with E-state index >= 15 is 0 Å². The molecule has 9 N–H and O–H groups in total. The Hall–Kier alpha value is -3.05. The molecule has 6 rings (SSSR count). The van der Waals surface area contributed by atoms with Gasteiger partial charge in [0.2, 0.25) is 5.95 Å². The quantitative estimate of drug-likeness (QED) is 0.0706. The van der Waals surface area contributed by atoms with Crippen LogP contribution in [-0.2, 0) is 41.0 Å². The van der Waals surface area contributed by atoms with Crippen LogP contribution in [0, 0.1) is 0 Å². The number of hydrogen-bond donors (Lipinski definition) is 7. The largest absolute Gasteiger partial charge is 0.472 e. The predicted octanol–water partition coefficient (Wildman–Crippen LogP) is 2.67. The van der Waals surface area contributed by atoms with Crippen LogP contribution in [0.1, 0.15) is 54.0 Å². The molecule has 2 fully saturated rings. The number of hydrogen-bond acceptors (Lipinski definition) is 18. The van der Waals surface area contributed by atoms with Crippen molar-refractivity contribution in [3.63, 3.8) is 0 Å². The fourth-order valence-corrected chi connectivity index (χ4v) is 10.1. The molecule has 4 aromatic rings. The highest BCUT2D eigenvalue weighted by Gasteiger charge is 2.56. The molecule has 4 aromatic heterocycles. The summed E-state index contributed by atoms with van der Waals surface area (Å²) in [6.45, 7) is 18.1. The number of aromatic nitrogens is 8. The van der Waals surface area contributed by atoms with Gasteiger partial charge in [-0.2, -0.15) is 4.98 Å². The summed E-state index contributed by atoms with van der Waals surface area (Å²) in [5, 5.41) is 11.0. The molecule has 9 atom stereocenters. The zero-order valence-corrected chi connectivity index (χ0v) is 38.6. The van der Waals surface area contributed by atoms with Crippen LogP contribution in [0.2, 0.25) is 36.3 Å². The van der Waals surface area contributed by atoms with Gasteiger partial charge in [-0.1, -0.05) is 41.5 Å². The second-order valence-electron chi connectivity index (χ2n) is 17.8. The first-order valence-electron chi connectivity index (χ1n) is 18.9. The van der Waals surface area contributed by atoms with Crippen molar-refractivity contribution in [2.24, 2.45) is 0 Å². The van der Waals surface area contributed by atoms with Crippen LogP contribution in [0.15, 0.2) is 23.8 Å². The van der Waals surface area contributed by atoms with Crippen LogP contribution in [0.4, 0.5) is 11.8 Å². The highest BCUT2D eigenvalue weighted by Crippen LogP contribution is 2.52. The Morgan fingerprint density at radius 1 is 0.783 bits per heavy atom. The number of nitrogens with zero attached hydrogens (tertiary/aromatic N) is 7. The number of nitrogens with two attached hydrogens (primary N) is 2. The molecule has 0 radical (unpaired) electrons. The number of phosphoric acid groups is 2. The fraction of sp³-hybridized carbons (Fsp3) is 0.688. The third-order valence-electron chi connectivity index (χ3n) is 11.5. The minimum absolute atomic E-state index is 0.0435. The average molecular weight is 921 g/mol. The van der Waals surface area contributed by atoms with E-state index in [0.29, 0.717) is 0 Å². The van der Waals surface area contributed by atoms with Gasteiger partial charge in [-0.15, -0.1) is 0 Å². The predicted molar refractivity (Wildman–Crippen MR) is 219 cm³/mol. The maximum Gasteiger partial charge on any atom is 0.472 e. The molecule has 6 heterocycles. The van der Waals surface area contributed by atoms with Crippen molar-refractivity contribution in [2.75, 3.05) is 24.7 Å². The summed E-state index contributed by atoms with van der Waals surface area (Å²) in [4.78, 5) is 66.7. The van der Waals surface area contributed by atoms with Gasteiger partial charge in [-0.05, 0) is 36.3 Å². The fourth-order valence-electron chi connectivity index (χ4n) is 6.27. The summed E-state index contributed by atoms with van der Waals surface area (Å²) in [5.41, 5.74) is 11.7. The number of aliphatic hydroxyl groups excluding tert-OH is 1. The topological polar surface area (TPSA) is 339 Å². The molecule has 2 saturated heterocycles. The Bertz CT molecular complexity index is 2360. The van der Waals surface area contributed by atoms with Crippen molar-refractivity contribution in [1.29, 1.82) is 0 Å². The molecule has 0 spiro atoms. The smallest absolute Gasteiger partial charge is 0.407 e. The SMILES string of the molecule is CC(C)(C)[Si](C)(C)OC1C(O)[C@@H](COP(=O)(O)OC2C(O[Si](C)(C)C(C)(C)C)[C@H](n3cnc4c(N)ncnc43)O[C@@H]2COP(=O)(O)O)O[C@H]1n1cnc2c(=O)[nH]c(N)nc21. The van der Waals surface area contributed by atoms with E-state index in [1.807, 2.05) is 67.7 Å². The van der Waals surface area contributed by atoms with Gasteiger partial charge in [-0.3, -0.25) is 32.5 Å². The number of aromatic amines is 1. The summed E-state index contributed by atoms with van der Waals surface area (Å²) in [6, 6.07) is 0. The molecular formula is C32H54N10O14P2Si2. The minimum Gasteiger partial charge on any atom is -0.407 e. The summed E-state index contributed by atoms with van der Waals surface area (Å²) >= 11 is 0. The molecule has 0 saturated carbocycles. The Labute approximate surface area is 346 Å². The van der Waals surface area contributed by atoms with Gasteiger partial charge in [0.1, 0.15) is 48.5 Å². The van der Waals surface area contributed by atoms with Crippen molar-refractivity contribution >= 4 is 66.4 Å². The Balaban J connectivity index is 1.32. The van der Waals surface area contributed by atoms with Crippen LogP contribution in [0.25, 0.3) is 22.3 Å². The van der Waals surface area contributed by atoms with E-state index in [0.717, 1.165) is 0 Å². The van der Waals surface area contributed by atoms with Gasteiger partial charge in [0.25, 0.3) is 5.56 Å². The summed E-state index contributed by atoms with van der Waals surface area (Å²) in [5.74, 6) is -0.128. The maximum atomic E-state index is 14.1. The number of nitrogen functional groups attached to an aromatic ring is 2. The van der Waals surface area contributed by atoms with Crippen molar-refractivity contribution in [2.45, 2.75) is 127 Å². The van der Waals surface area contributed by atoms with E-state index in [1.54, 1.807) is 0 Å². The molecular weight excluding hydrogens is 867 g/mol. The summed E-state index contributed by atoms with van der Waals surface area (Å²) in [7, 11) is -15.8. The van der Waals surface area contributed by atoms with E-state index in [4.69, 9.17) is 43.4 Å². The van der Waals surface area contributed by atoms with E-state index < -0.39 is 105 Å². The van der Waals surface area contributed by atoms with Crippen molar-refractivity contribution in [3.8, 4) is 0 Å². The lowest BCUT2D eigenvalue weighted by molar-refractivity contribution is -0.0575. The molecule has 0 bridgehead atoms. The van der Waals surface area contributed by atoms with Gasteiger partial charge >= 0.3 is 15.6 Å². The van der Waals surface area contributed by atoms with E-state index in [1.165, 1.54) is 28.1 Å². The van der Waals surface area contributed by atoms with E-state index in [2.05, 4.69) is 29.9 Å². The monoisotopic (exact) mass is 920 g/mol. The summed E-state index contributed by atoms with van der Waals surface area (Å²) < 4.78 is 71.0. The number of ether oxygens (including phenoxy) is 2. The highest BCUT2D eigenvalue weighted by atomic mass is 31.2. The van der Waals surface area contributed by atoms with Crippen LogP contribution < -0.4 is 17.0 Å². The molecule has 334 valence electrons. The minimum atomic E-state index is -5.23. The molecule has 5 unspecified atom stereocenters. The first-order chi connectivity index (χ1) is 27.5. The maximum absolute atomic E-state index is 14.1. The van der Waals surface area contributed by atoms with Gasteiger partial charge < -0.3 is 49.6 Å². The van der Waals surface area contributed by atoms with Crippen LogP contribution in [-0.4, -0.2) is 125 Å². The Morgan fingerprint density at radius 3 is 1.92 bits per heavy atom. The number of H-pyrrole nitrogens is 1. The number of anilines is 2. The Morgan fingerprint density at radius 2 is 1.32 bits per heavy atom. The zero-order chi connectivity index (χ0) is 44.5. The number of aliphatic hydroxyl groups is 1. The zero-order valence-electron chi connectivity index (χ0n) is 34.8. The van der Waals surface area contributed by atoms with Crippen LogP contribution in [0.3, 0.4) is 0 Å². The second-order valence-corrected chi connectivity index (χ2v) is 29.9. The van der Waals surface area contributed by atoms with Crippen molar-refractivity contribution in [1.82, 2.24) is 39.0 Å². The standard InChI is InChI=1S/C32H54N10O14P2Si2/c1-31(2,3)59(7,8)55-22-20(43)16(52-28(22)42-15-38-19-26(42)39-30(34)40-27(19)44)11-51-58(48,49)54-21-17(12-50-57(45,46)47)53-29(23(21)56-60(9,10)32(4,5)6)41-14-37-18-24(33)35-13-36-25(18)41/h13-17,20-23,28-29,43H,11-12H2,1-10H3,(H,48,49)(H2,33,35,36)(H2,45,46,47)(H3,34,39,40,44)/t16-,17-,20?,21?,22?,23?,28-,29-/m1/s1. The molecule has 2 aliphatic rings. The average Bonchev–Trinajstić information content (AvgIpc) is 3.86. The molecule has 0 aromatic carbocycles. The summed E-state index contributed by atoms with van der Waals surface area (Å²) in [6.07, 6.45) is -6.72. The van der Waals surface area contributed by atoms with Crippen molar-refractivity contribution < 1.29 is 60.8 Å². The molecule has 28 heteroatoms. The number of nitrogens with one attached hydrogen (secondary N) is 1. The number of phosphoric ester groups is 2. The highest BCUT2D eigenvalue weighted by molar-refractivity contribution is 7.47.